The summed E-state index contributed by atoms with van der Waals surface area (Å²) in [6.45, 7) is 0. The minimum atomic E-state index is -5.29. The van der Waals surface area contributed by atoms with E-state index >= 15 is 0 Å². The second-order valence-corrected chi connectivity index (χ2v) is 3.81. The molecule has 108 valence electrons. The molecule has 0 radical (unpaired) electrons. The molecule has 0 unspecified atom stereocenters. The summed E-state index contributed by atoms with van der Waals surface area (Å²) >= 11 is 2.26. The van der Waals surface area contributed by atoms with Gasteiger partial charge >= 0.3 is 12.5 Å². The molecule has 0 aliphatic rings. The van der Waals surface area contributed by atoms with Gasteiger partial charge in [-0.15, -0.1) is 13.2 Å². The van der Waals surface area contributed by atoms with Crippen LogP contribution in [0, 0.1) is 0 Å². The lowest BCUT2D eigenvalue weighted by atomic mass is 10.1. The van der Waals surface area contributed by atoms with Crippen molar-refractivity contribution in [2.75, 3.05) is 0 Å². The zero-order valence-corrected chi connectivity index (χ0v) is 10.00. The number of rotatable bonds is 2. The molecule has 19 heavy (non-hydrogen) atoms. The van der Waals surface area contributed by atoms with Crippen LogP contribution in [0.4, 0.5) is 35.1 Å². The van der Waals surface area contributed by atoms with E-state index in [1.807, 2.05) is 0 Å². The largest absolute Gasteiger partial charge is 0.574 e. The predicted molar refractivity (Wildman–Crippen MR) is 48.6 cm³/mol. The minimum Gasteiger partial charge on any atom is -0.388 e. The molecule has 0 aliphatic heterocycles. The summed E-state index contributed by atoms with van der Waals surface area (Å²) in [5, 5.41) is 0. The molecule has 0 aromatic carbocycles. The van der Waals surface area contributed by atoms with Crippen molar-refractivity contribution in [3.05, 3.63) is 21.8 Å². The molecule has 0 fully saturated rings. The van der Waals surface area contributed by atoms with Crippen molar-refractivity contribution < 1.29 is 39.9 Å². The number of ether oxygens (including phenoxy) is 1. The number of aromatic nitrogens is 1. The van der Waals surface area contributed by atoms with Crippen LogP contribution in [-0.2, 0) is 6.18 Å². The topological polar surface area (TPSA) is 22.1 Å². The molecule has 1 aromatic rings. The van der Waals surface area contributed by atoms with Crippen molar-refractivity contribution in [2.24, 2.45) is 0 Å². The monoisotopic (exact) mass is 359 g/mol. The van der Waals surface area contributed by atoms with Gasteiger partial charge in [0.25, 0.3) is 6.43 Å². The maximum Gasteiger partial charge on any atom is 0.574 e. The highest BCUT2D eigenvalue weighted by Crippen LogP contribution is 2.41. The average molecular weight is 360 g/mol. The number of alkyl halides is 8. The normalized spacial score (nSPS) is 12.9. The summed E-state index contributed by atoms with van der Waals surface area (Å²) in [4.78, 5) is 2.85. The molecule has 0 saturated carbocycles. The van der Waals surface area contributed by atoms with E-state index < -0.39 is 40.6 Å². The summed E-state index contributed by atoms with van der Waals surface area (Å²) in [5.74, 6) is -1.49. The highest BCUT2D eigenvalue weighted by Gasteiger charge is 2.40. The first-order valence-corrected chi connectivity index (χ1v) is 5.02. The van der Waals surface area contributed by atoms with E-state index in [0.717, 1.165) is 0 Å². The SMILES string of the molecule is FC(F)c1c(C(F)(F)F)cc(OC(F)(F)F)nc1Br. The van der Waals surface area contributed by atoms with Crippen molar-refractivity contribution in [1.82, 2.24) is 4.98 Å². The first-order chi connectivity index (χ1) is 8.42. The van der Waals surface area contributed by atoms with E-state index in [4.69, 9.17) is 0 Å². The summed E-state index contributed by atoms with van der Waals surface area (Å²) in [6, 6.07) is -0.236. The number of pyridine rings is 1. The predicted octanol–water partition coefficient (Wildman–Crippen LogP) is 4.70. The quantitative estimate of drug-likeness (QED) is 0.564. The Morgan fingerprint density at radius 2 is 1.63 bits per heavy atom. The average Bonchev–Trinajstić information content (AvgIpc) is 2.11. The van der Waals surface area contributed by atoms with Crippen LogP contribution in [-0.4, -0.2) is 11.3 Å². The lowest BCUT2D eigenvalue weighted by Crippen LogP contribution is -2.19. The van der Waals surface area contributed by atoms with Gasteiger partial charge in [0.2, 0.25) is 5.88 Å². The van der Waals surface area contributed by atoms with Gasteiger partial charge in [0.15, 0.2) is 0 Å². The molecule has 0 bridgehead atoms. The molecule has 1 aromatic heterocycles. The van der Waals surface area contributed by atoms with Crippen LogP contribution >= 0.6 is 15.9 Å². The Morgan fingerprint density at radius 1 is 1.11 bits per heavy atom. The van der Waals surface area contributed by atoms with E-state index in [1.165, 1.54) is 0 Å². The maximum absolute atomic E-state index is 12.5. The highest BCUT2D eigenvalue weighted by atomic mass is 79.9. The maximum atomic E-state index is 12.5. The van der Waals surface area contributed by atoms with E-state index in [0.29, 0.717) is 0 Å². The van der Waals surface area contributed by atoms with Crippen molar-refractivity contribution in [2.45, 2.75) is 19.0 Å². The van der Waals surface area contributed by atoms with Gasteiger partial charge in [-0.2, -0.15) is 13.2 Å². The van der Waals surface area contributed by atoms with E-state index in [-0.39, 0.29) is 6.07 Å². The molecule has 0 saturated heterocycles. The summed E-state index contributed by atoms with van der Waals surface area (Å²) in [7, 11) is 0. The summed E-state index contributed by atoms with van der Waals surface area (Å²) in [5.41, 5.74) is -3.51. The second-order valence-electron chi connectivity index (χ2n) is 3.06. The Kier molecular flexibility index (Phi) is 4.27. The van der Waals surface area contributed by atoms with E-state index in [9.17, 15) is 35.1 Å². The third-order valence-corrected chi connectivity index (χ3v) is 2.34. The van der Waals surface area contributed by atoms with Crippen molar-refractivity contribution in [1.29, 1.82) is 0 Å². The van der Waals surface area contributed by atoms with Crippen LogP contribution in [0.25, 0.3) is 0 Å². The molecule has 0 N–H and O–H groups in total. The Bertz CT molecular complexity index is 469. The van der Waals surface area contributed by atoms with E-state index in [1.54, 1.807) is 0 Å². The van der Waals surface area contributed by atoms with Crippen LogP contribution in [0.3, 0.4) is 0 Å². The third kappa shape index (κ3) is 4.18. The Hall–Kier alpha value is -1.13. The molecule has 1 rings (SSSR count). The zero-order chi connectivity index (χ0) is 15.0. The van der Waals surface area contributed by atoms with Crippen LogP contribution < -0.4 is 4.74 Å². The summed E-state index contributed by atoms with van der Waals surface area (Å²) in [6.07, 6.45) is -14.1. The van der Waals surface area contributed by atoms with Crippen LogP contribution in [0.2, 0.25) is 0 Å². The molecular formula is C8H2BrF8NO. The Labute approximate surface area is 108 Å². The van der Waals surface area contributed by atoms with E-state index in [2.05, 4.69) is 25.7 Å². The molecule has 0 amide bonds. The summed E-state index contributed by atoms with van der Waals surface area (Å²) < 4.78 is 100. The van der Waals surface area contributed by atoms with Crippen molar-refractivity contribution >= 4 is 15.9 Å². The fraction of sp³-hybridized carbons (Fsp3) is 0.375. The Balaban J connectivity index is 3.40. The lowest BCUT2D eigenvalue weighted by molar-refractivity contribution is -0.276. The van der Waals surface area contributed by atoms with Gasteiger partial charge in [0, 0.05) is 6.07 Å². The molecule has 0 spiro atoms. The first kappa shape index (κ1) is 15.9. The van der Waals surface area contributed by atoms with Crippen molar-refractivity contribution in [3.63, 3.8) is 0 Å². The van der Waals surface area contributed by atoms with Gasteiger partial charge in [-0.1, -0.05) is 0 Å². The van der Waals surface area contributed by atoms with Crippen molar-refractivity contribution in [3.8, 4) is 5.88 Å². The van der Waals surface area contributed by atoms with Crippen LogP contribution in [0.1, 0.15) is 17.6 Å². The molecular weight excluding hydrogens is 358 g/mol. The van der Waals surface area contributed by atoms with Gasteiger partial charge in [0.05, 0.1) is 11.1 Å². The fourth-order valence-corrected chi connectivity index (χ4v) is 1.68. The Morgan fingerprint density at radius 3 is 2.00 bits per heavy atom. The molecule has 0 atom stereocenters. The van der Waals surface area contributed by atoms with Gasteiger partial charge in [-0.25, -0.2) is 13.8 Å². The highest BCUT2D eigenvalue weighted by molar-refractivity contribution is 9.10. The number of halogens is 9. The molecule has 1 heterocycles. The first-order valence-electron chi connectivity index (χ1n) is 4.23. The van der Waals surface area contributed by atoms with Gasteiger partial charge in [-0.3, -0.25) is 0 Å². The molecule has 2 nitrogen and oxygen atoms in total. The minimum absolute atomic E-state index is 0.236. The third-order valence-electron chi connectivity index (χ3n) is 1.73. The fourth-order valence-electron chi connectivity index (χ4n) is 1.11. The zero-order valence-electron chi connectivity index (χ0n) is 8.41. The number of hydrogen-bond acceptors (Lipinski definition) is 2. The molecule has 11 heteroatoms. The smallest absolute Gasteiger partial charge is 0.388 e. The second kappa shape index (κ2) is 5.10. The van der Waals surface area contributed by atoms with Crippen LogP contribution in [0.5, 0.6) is 5.88 Å². The standard InChI is InChI=1S/C8H2BrF8NO/c9-5-4(6(10)11)2(7(12,13)14)1-3(18-5)19-8(15,16)17/h1,6H. The van der Waals surface area contributed by atoms with Gasteiger partial charge in [-0.05, 0) is 15.9 Å². The van der Waals surface area contributed by atoms with Gasteiger partial charge in [0.1, 0.15) is 4.60 Å². The number of nitrogens with zero attached hydrogens (tertiary/aromatic N) is 1. The number of hydrogen-bond donors (Lipinski definition) is 0. The van der Waals surface area contributed by atoms with Gasteiger partial charge < -0.3 is 4.74 Å². The molecule has 0 aliphatic carbocycles. The van der Waals surface area contributed by atoms with Crippen LogP contribution in [0.15, 0.2) is 10.7 Å². The lowest BCUT2D eigenvalue weighted by Gasteiger charge is -2.16.